The Kier molecular flexibility index (Phi) is 4.81. The van der Waals surface area contributed by atoms with Gasteiger partial charge in [0.25, 0.3) is 0 Å². The molecule has 0 saturated carbocycles. The van der Waals surface area contributed by atoms with Crippen molar-refractivity contribution in [2.45, 2.75) is 13.3 Å². The van der Waals surface area contributed by atoms with Crippen LogP contribution in [-0.4, -0.2) is 14.3 Å². The van der Waals surface area contributed by atoms with Gasteiger partial charge in [-0.15, -0.1) is 5.10 Å². The molecule has 0 radical (unpaired) electrons. The van der Waals surface area contributed by atoms with Gasteiger partial charge in [-0.1, -0.05) is 30.1 Å². The topological polar surface area (TPSA) is 87.4 Å². The number of hydrogen-bond donors (Lipinski definition) is 0. The summed E-state index contributed by atoms with van der Waals surface area (Å²) >= 11 is 12.1. The summed E-state index contributed by atoms with van der Waals surface area (Å²) in [7, 11) is 0. The van der Waals surface area contributed by atoms with Crippen LogP contribution < -0.4 is 5.69 Å². The third kappa shape index (κ3) is 3.09. The molecule has 0 aliphatic rings. The van der Waals surface area contributed by atoms with Crippen LogP contribution in [0.15, 0.2) is 41.2 Å². The lowest BCUT2D eigenvalue weighted by atomic mass is 10.1. The third-order valence-electron chi connectivity index (χ3n) is 3.76. The van der Waals surface area contributed by atoms with E-state index in [1.807, 2.05) is 19.1 Å². The molecule has 1 heterocycles. The van der Waals surface area contributed by atoms with Gasteiger partial charge in [-0.3, -0.25) is 0 Å². The Hall–Kier alpha value is -3.06. The molecule has 0 spiro atoms. The summed E-state index contributed by atoms with van der Waals surface area (Å²) in [5, 5.41) is 23.4. The molecule has 3 rings (SSSR count). The van der Waals surface area contributed by atoms with Crippen LogP contribution in [0.5, 0.6) is 0 Å². The van der Waals surface area contributed by atoms with Crippen molar-refractivity contribution in [2.24, 2.45) is 0 Å². The number of hydrogen-bond acceptors (Lipinski definition) is 4. The molecule has 0 unspecified atom stereocenters. The van der Waals surface area contributed by atoms with Crippen LogP contribution in [0.4, 0.5) is 0 Å². The van der Waals surface area contributed by atoms with Crippen molar-refractivity contribution in [2.75, 3.05) is 0 Å². The molecule has 0 aliphatic carbocycles. The highest BCUT2D eigenvalue weighted by atomic mass is 35.5. The van der Waals surface area contributed by atoms with E-state index in [0.717, 1.165) is 0 Å². The number of rotatable bonds is 3. The fourth-order valence-electron chi connectivity index (χ4n) is 2.59. The highest BCUT2D eigenvalue weighted by Gasteiger charge is 2.17. The van der Waals surface area contributed by atoms with Gasteiger partial charge in [0.05, 0.1) is 22.5 Å². The number of nitriles is 2. The Bertz CT molecular complexity index is 1130. The number of halogens is 2. The van der Waals surface area contributed by atoms with E-state index in [1.54, 1.807) is 24.3 Å². The predicted molar refractivity (Wildman–Crippen MR) is 98.0 cm³/mol. The molecular formula is C18H11Cl2N5O. The first-order valence-electron chi connectivity index (χ1n) is 7.60. The summed E-state index contributed by atoms with van der Waals surface area (Å²) in [6, 6.07) is 13.2. The molecular weight excluding hydrogens is 373 g/mol. The minimum Gasteiger partial charge on any atom is -0.246 e. The summed E-state index contributed by atoms with van der Waals surface area (Å²) in [6.07, 6.45) is 0.494. The molecule has 1 aromatic heterocycles. The zero-order chi connectivity index (χ0) is 18.8. The number of aryl methyl sites for hydroxylation is 1. The molecule has 8 heteroatoms. The van der Waals surface area contributed by atoms with E-state index in [9.17, 15) is 10.1 Å². The first-order chi connectivity index (χ1) is 12.5. The smallest absolute Gasteiger partial charge is 0.246 e. The van der Waals surface area contributed by atoms with Crippen molar-refractivity contribution in [3.05, 3.63) is 73.9 Å². The fourth-order valence-corrected chi connectivity index (χ4v) is 3.10. The highest BCUT2D eigenvalue weighted by Crippen LogP contribution is 2.22. The normalized spacial score (nSPS) is 10.3. The van der Waals surface area contributed by atoms with Crippen LogP contribution in [0.2, 0.25) is 10.0 Å². The Labute approximate surface area is 159 Å². The molecule has 0 amide bonds. The van der Waals surface area contributed by atoms with Gasteiger partial charge in [0.1, 0.15) is 18.0 Å². The molecule has 3 aromatic rings. The highest BCUT2D eigenvalue weighted by molar-refractivity contribution is 6.34. The molecule has 26 heavy (non-hydrogen) atoms. The zero-order valence-corrected chi connectivity index (χ0v) is 15.1. The Morgan fingerprint density at radius 2 is 1.65 bits per heavy atom. The maximum absolute atomic E-state index is 13.0. The fraction of sp³-hybridized carbons (Fsp3) is 0.111. The van der Waals surface area contributed by atoms with Gasteiger partial charge < -0.3 is 0 Å². The van der Waals surface area contributed by atoms with E-state index in [0.29, 0.717) is 33.7 Å². The van der Waals surface area contributed by atoms with Crippen molar-refractivity contribution in [1.29, 1.82) is 10.5 Å². The summed E-state index contributed by atoms with van der Waals surface area (Å²) in [5.74, 6) is 0.510. The second-order valence-corrected chi connectivity index (χ2v) is 6.25. The average molecular weight is 384 g/mol. The average Bonchev–Trinajstić information content (AvgIpc) is 2.96. The second-order valence-electron chi connectivity index (χ2n) is 5.38. The van der Waals surface area contributed by atoms with Crippen LogP contribution in [-0.2, 0) is 6.42 Å². The lowest BCUT2D eigenvalue weighted by Crippen LogP contribution is -2.23. The van der Waals surface area contributed by atoms with Crippen LogP contribution in [0, 0.1) is 22.7 Å². The Balaban J connectivity index is 2.24. The summed E-state index contributed by atoms with van der Waals surface area (Å²) in [6.45, 7) is 1.87. The van der Waals surface area contributed by atoms with E-state index in [1.165, 1.54) is 21.4 Å². The first kappa shape index (κ1) is 17.8. The molecule has 0 N–H and O–H groups in total. The molecule has 6 nitrogen and oxygen atoms in total. The number of nitrogens with zero attached hydrogens (tertiary/aromatic N) is 5. The van der Waals surface area contributed by atoms with E-state index in [4.69, 9.17) is 28.5 Å². The van der Waals surface area contributed by atoms with E-state index < -0.39 is 5.69 Å². The van der Waals surface area contributed by atoms with Gasteiger partial charge in [-0.25, -0.2) is 9.36 Å². The largest absolute Gasteiger partial charge is 0.355 e. The third-order valence-corrected chi connectivity index (χ3v) is 4.19. The van der Waals surface area contributed by atoms with Crippen LogP contribution in [0.3, 0.4) is 0 Å². The molecule has 128 valence electrons. The van der Waals surface area contributed by atoms with E-state index in [2.05, 4.69) is 5.10 Å². The van der Waals surface area contributed by atoms with Gasteiger partial charge in [-0.2, -0.15) is 15.2 Å². The maximum atomic E-state index is 13.0. The number of aromatic nitrogens is 3. The number of benzene rings is 2. The van der Waals surface area contributed by atoms with Crippen LogP contribution >= 0.6 is 23.2 Å². The molecule has 0 atom stereocenters. The quantitative estimate of drug-likeness (QED) is 0.690. The predicted octanol–water partition coefficient (Wildman–Crippen LogP) is 3.64. The van der Waals surface area contributed by atoms with E-state index in [-0.39, 0.29) is 11.1 Å². The zero-order valence-electron chi connectivity index (χ0n) is 13.6. The van der Waals surface area contributed by atoms with Gasteiger partial charge in [0, 0.05) is 16.5 Å². The molecule has 2 aromatic carbocycles. The summed E-state index contributed by atoms with van der Waals surface area (Å²) < 4.78 is 2.61. The maximum Gasteiger partial charge on any atom is 0.355 e. The Morgan fingerprint density at radius 3 is 2.23 bits per heavy atom. The monoisotopic (exact) mass is 383 g/mol. The van der Waals surface area contributed by atoms with Gasteiger partial charge in [-0.05, 0) is 36.4 Å². The van der Waals surface area contributed by atoms with E-state index >= 15 is 0 Å². The van der Waals surface area contributed by atoms with Crippen molar-refractivity contribution in [3.8, 4) is 23.5 Å². The first-order valence-corrected chi connectivity index (χ1v) is 8.36. The van der Waals surface area contributed by atoms with Crippen LogP contribution in [0.25, 0.3) is 11.4 Å². The second kappa shape index (κ2) is 7.05. The molecule has 0 fully saturated rings. The minimum absolute atomic E-state index is 0.176. The molecule has 0 aliphatic heterocycles. The minimum atomic E-state index is -0.422. The molecule has 0 saturated heterocycles. The van der Waals surface area contributed by atoms with Crippen molar-refractivity contribution >= 4 is 23.2 Å². The lowest BCUT2D eigenvalue weighted by Gasteiger charge is -2.05. The lowest BCUT2D eigenvalue weighted by molar-refractivity contribution is 0.818. The summed E-state index contributed by atoms with van der Waals surface area (Å²) in [4.78, 5) is 13.0. The standard InChI is InChI=1S/C18H11Cl2N5O/c1-2-17-23-25(15-4-3-11(9-21)12(5-15)10-22)18(26)24(17)16-7-13(19)6-14(20)8-16/h3-8H,2H2,1H3. The van der Waals surface area contributed by atoms with Crippen molar-refractivity contribution < 1.29 is 0 Å². The SMILES string of the molecule is CCc1nn(-c2ccc(C#N)c(C#N)c2)c(=O)n1-c1cc(Cl)cc(Cl)c1. The molecule has 0 bridgehead atoms. The Morgan fingerprint density at radius 1 is 1.00 bits per heavy atom. The van der Waals surface area contributed by atoms with Crippen molar-refractivity contribution in [3.63, 3.8) is 0 Å². The van der Waals surface area contributed by atoms with Gasteiger partial charge in [0.15, 0.2) is 0 Å². The summed E-state index contributed by atoms with van der Waals surface area (Å²) in [5.41, 5.74) is 0.891. The van der Waals surface area contributed by atoms with Crippen LogP contribution in [0.1, 0.15) is 23.9 Å². The van der Waals surface area contributed by atoms with Crippen molar-refractivity contribution in [1.82, 2.24) is 14.3 Å². The van der Waals surface area contributed by atoms with Gasteiger partial charge >= 0.3 is 5.69 Å². The van der Waals surface area contributed by atoms with Gasteiger partial charge in [0.2, 0.25) is 0 Å².